The molecule has 4 N–H and O–H groups in total. The number of halogens is 3. The molecule has 0 atom stereocenters. The second kappa shape index (κ2) is 6.79. The number of anilines is 1. The van der Waals surface area contributed by atoms with Crippen LogP contribution in [0.5, 0.6) is 0 Å². The van der Waals surface area contributed by atoms with Crippen LogP contribution in [0.15, 0.2) is 21.6 Å². The van der Waals surface area contributed by atoms with Crippen LogP contribution in [0.2, 0.25) is 10.0 Å². The number of nitrogens with one attached hydrogen (secondary N) is 2. The van der Waals surface area contributed by atoms with Crippen molar-refractivity contribution in [2.24, 2.45) is 10.8 Å². The summed E-state index contributed by atoms with van der Waals surface area (Å²) in [4.78, 5) is 4.53. The van der Waals surface area contributed by atoms with Crippen molar-refractivity contribution in [3.8, 4) is 0 Å². The van der Waals surface area contributed by atoms with E-state index >= 15 is 0 Å². The van der Waals surface area contributed by atoms with E-state index < -0.39 is 0 Å². The van der Waals surface area contributed by atoms with Gasteiger partial charge in [0.15, 0.2) is 0 Å². The van der Waals surface area contributed by atoms with Gasteiger partial charge in [-0.2, -0.15) is 0 Å². The highest BCUT2D eigenvalue weighted by Gasteiger charge is 2.16. The molecule has 0 aromatic heterocycles. The topological polar surface area (TPSA) is 62.4 Å². The number of hydrogen-bond acceptors (Lipinski definition) is 2. The molecule has 1 fully saturated rings. The zero-order valence-corrected chi connectivity index (χ0v) is 13.3. The normalized spacial score (nSPS) is 16.7. The van der Waals surface area contributed by atoms with E-state index in [1.54, 1.807) is 12.1 Å². The minimum Gasteiger partial charge on any atom is -0.323 e. The van der Waals surface area contributed by atoms with Crippen LogP contribution in [0.1, 0.15) is 25.7 Å². The van der Waals surface area contributed by atoms with E-state index in [9.17, 15) is 0 Å². The van der Waals surface area contributed by atoms with Gasteiger partial charge in [0, 0.05) is 4.47 Å². The Morgan fingerprint density at radius 2 is 1.84 bits per heavy atom. The predicted octanol–water partition coefficient (Wildman–Crippen LogP) is 3.93. The van der Waals surface area contributed by atoms with Crippen LogP contribution < -0.4 is 16.6 Å². The van der Waals surface area contributed by atoms with Crippen LogP contribution in [0.25, 0.3) is 0 Å². The molecule has 1 aliphatic carbocycles. The Morgan fingerprint density at radius 3 is 2.37 bits per heavy atom. The lowest BCUT2D eigenvalue weighted by molar-refractivity contribution is 0.700. The fraction of sp³-hybridized carbons (Fsp3) is 0.417. The van der Waals surface area contributed by atoms with Crippen molar-refractivity contribution < 1.29 is 0 Å². The van der Waals surface area contributed by atoms with E-state index in [0.717, 1.165) is 17.3 Å². The maximum Gasteiger partial charge on any atom is 0.210 e. The number of benzene rings is 1. The van der Waals surface area contributed by atoms with Crippen molar-refractivity contribution in [1.29, 1.82) is 0 Å². The van der Waals surface area contributed by atoms with Crippen molar-refractivity contribution in [3.05, 3.63) is 26.7 Å². The number of rotatable bonds is 2. The van der Waals surface area contributed by atoms with Gasteiger partial charge in [0.1, 0.15) is 0 Å². The second-order valence-electron chi connectivity index (χ2n) is 4.43. The van der Waals surface area contributed by atoms with E-state index in [-0.39, 0.29) is 0 Å². The lowest BCUT2D eigenvalue weighted by Crippen LogP contribution is -2.37. The molecule has 0 unspecified atom stereocenters. The number of hydrazine groups is 1. The summed E-state index contributed by atoms with van der Waals surface area (Å²) in [5, 5.41) is 4.06. The summed E-state index contributed by atoms with van der Waals surface area (Å²) < 4.78 is 0.822. The van der Waals surface area contributed by atoms with Crippen LogP contribution in [-0.4, -0.2) is 12.0 Å². The molecule has 0 bridgehead atoms. The molecule has 1 saturated carbocycles. The molecule has 0 amide bonds. The highest BCUT2D eigenvalue weighted by molar-refractivity contribution is 9.10. The third-order valence-electron chi connectivity index (χ3n) is 3.02. The zero-order valence-electron chi connectivity index (χ0n) is 10.2. The first-order chi connectivity index (χ1) is 9.10. The van der Waals surface area contributed by atoms with Gasteiger partial charge in [-0.05, 0) is 25.0 Å². The third-order valence-corrected chi connectivity index (χ3v) is 4.08. The molecule has 0 heterocycles. The number of nitrogens with two attached hydrogens (primary N) is 1. The Balaban J connectivity index is 2.18. The number of aliphatic imine (C=N–C) groups is 1. The summed E-state index contributed by atoms with van der Waals surface area (Å²) in [6.07, 6.45) is 4.61. The standard InChI is InChI=1S/C12H15BrCl2N4/c13-7-5-9(14)11(10(15)6-7)18-12(19-16)17-8-3-1-2-4-8/h5-6,8H,1-4,16H2,(H2,17,18,19). The first-order valence-corrected chi connectivity index (χ1v) is 7.61. The summed E-state index contributed by atoms with van der Waals surface area (Å²) in [7, 11) is 0. The quantitative estimate of drug-likeness (QED) is 0.322. The Labute approximate surface area is 130 Å². The van der Waals surface area contributed by atoms with Crippen molar-refractivity contribution >= 4 is 50.8 Å². The van der Waals surface area contributed by atoms with Gasteiger partial charge < -0.3 is 5.32 Å². The van der Waals surface area contributed by atoms with Crippen LogP contribution >= 0.6 is 39.1 Å². The van der Waals surface area contributed by atoms with Crippen LogP contribution in [0.3, 0.4) is 0 Å². The van der Waals surface area contributed by atoms with Gasteiger partial charge in [-0.3, -0.25) is 5.43 Å². The molecule has 4 nitrogen and oxygen atoms in total. The van der Waals surface area contributed by atoms with E-state index in [1.165, 1.54) is 12.8 Å². The molecule has 1 aliphatic rings. The van der Waals surface area contributed by atoms with Gasteiger partial charge in [-0.25, -0.2) is 10.8 Å². The number of guanidine groups is 1. The minimum absolute atomic E-state index is 0.312. The first-order valence-electron chi connectivity index (χ1n) is 6.06. The molecule has 7 heteroatoms. The molecule has 1 aromatic rings. The third kappa shape index (κ3) is 3.99. The summed E-state index contributed by atoms with van der Waals surface area (Å²) in [5.74, 6) is 5.97. The molecular formula is C12H15BrCl2N4. The molecule has 0 saturated heterocycles. The Morgan fingerprint density at radius 1 is 1.26 bits per heavy atom. The van der Waals surface area contributed by atoms with Crippen molar-refractivity contribution in [1.82, 2.24) is 5.43 Å². The maximum absolute atomic E-state index is 6.15. The fourth-order valence-corrected chi connectivity index (χ4v) is 3.40. The largest absolute Gasteiger partial charge is 0.323 e. The molecule has 0 aliphatic heterocycles. The van der Waals surface area contributed by atoms with Crippen molar-refractivity contribution in [2.45, 2.75) is 31.7 Å². The van der Waals surface area contributed by atoms with Crippen LogP contribution in [-0.2, 0) is 0 Å². The Hall–Kier alpha value is -0.490. The lowest BCUT2D eigenvalue weighted by Gasteiger charge is -2.14. The predicted molar refractivity (Wildman–Crippen MR) is 84.8 cm³/mol. The molecule has 2 rings (SSSR count). The average molecular weight is 366 g/mol. The first kappa shape index (κ1) is 14.9. The van der Waals surface area contributed by atoms with Gasteiger partial charge in [0.05, 0.1) is 21.8 Å². The molecule has 19 heavy (non-hydrogen) atoms. The number of nitrogens with zero attached hydrogens (tertiary/aromatic N) is 1. The Kier molecular flexibility index (Phi) is 5.33. The average Bonchev–Trinajstić information content (AvgIpc) is 2.84. The summed E-state index contributed by atoms with van der Waals surface area (Å²) in [5.41, 5.74) is 3.15. The second-order valence-corrected chi connectivity index (χ2v) is 6.16. The molecule has 0 spiro atoms. The summed E-state index contributed by atoms with van der Waals surface area (Å²) in [6.45, 7) is 0. The van der Waals surface area contributed by atoms with Gasteiger partial charge >= 0.3 is 0 Å². The van der Waals surface area contributed by atoms with Crippen LogP contribution in [0, 0.1) is 0 Å². The van der Waals surface area contributed by atoms with E-state index in [1.807, 2.05) is 0 Å². The summed E-state index contributed by atoms with van der Waals surface area (Å²) in [6, 6.07) is 3.84. The monoisotopic (exact) mass is 364 g/mol. The zero-order chi connectivity index (χ0) is 13.8. The molecular weight excluding hydrogens is 351 g/mol. The SMILES string of the molecule is NNC(=NC1CCCC1)Nc1c(Cl)cc(Br)cc1Cl. The maximum atomic E-state index is 6.15. The lowest BCUT2D eigenvalue weighted by atomic mass is 10.3. The van der Waals surface area contributed by atoms with E-state index in [2.05, 4.69) is 31.7 Å². The molecule has 1 aromatic carbocycles. The smallest absolute Gasteiger partial charge is 0.210 e. The van der Waals surface area contributed by atoms with Gasteiger partial charge in [0.25, 0.3) is 0 Å². The minimum atomic E-state index is 0.312. The van der Waals surface area contributed by atoms with E-state index in [0.29, 0.717) is 27.7 Å². The van der Waals surface area contributed by atoms with Gasteiger partial charge in [-0.15, -0.1) is 0 Å². The molecule has 0 radical (unpaired) electrons. The highest BCUT2D eigenvalue weighted by atomic mass is 79.9. The number of hydrogen-bond donors (Lipinski definition) is 3. The van der Waals surface area contributed by atoms with Gasteiger partial charge in [0.2, 0.25) is 5.96 Å². The highest BCUT2D eigenvalue weighted by Crippen LogP contribution is 2.33. The van der Waals surface area contributed by atoms with Crippen molar-refractivity contribution in [3.63, 3.8) is 0 Å². The van der Waals surface area contributed by atoms with E-state index in [4.69, 9.17) is 29.0 Å². The Bertz CT molecular complexity index is 464. The van der Waals surface area contributed by atoms with Crippen molar-refractivity contribution in [2.75, 3.05) is 5.32 Å². The fourth-order valence-electron chi connectivity index (χ4n) is 2.10. The van der Waals surface area contributed by atoms with Gasteiger partial charge in [-0.1, -0.05) is 52.0 Å². The summed E-state index contributed by atoms with van der Waals surface area (Å²) >= 11 is 15.6. The van der Waals surface area contributed by atoms with Crippen LogP contribution in [0.4, 0.5) is 5.69 Å². The molecule has 104 valence electrons.